The van der Waals surface area contributed by atoms with Crippen molar-refractivity contribution < 1.29 is 4.79 Å². The zero-order valence-electron chi connectivity index (χ0n) is 5.22. The van der Waals surface area contributed by atoms with Crippen molar-refractivity contribution in [3.05, 3.63) is 6.92 Å². The fraction of sp³-hybridized carbons (Fsp3) is 0.600. The van der Waals surface area contributed by atoms with Crippen LogP contribution >= 0.6 is 0 Å². The van der Waals surface area contributed by atoms with E-state index < -0.39 is 0 Å². The van der Waals surface area contributed by atoms with Crippen molar-refractivity contribution in [2.75, 3.05) is 14.1 Å². The van der Waals surface area contributed by atoms with E-state index in [1.54, 1.807) is 4.90 Å². The van der Waals surface area contributed by atoms with Gasteiger partial charge in [0.05, 0.1) is 6.17 Å². The molecule has 0 saturated heterocycles. The van der Waals surface area contributed by atoms with E-state index in [2.05, 4.69) is 12.2 Å². The number of carbonyl (C=O) groups excluding carboxylic acids is 1. The summed E-state index contributed by atoms with van der Waals surface area (Å²) in [5.74, 6) is 0. The van der Waals surface area contributed by atoms with E-state index in [4.69, 9.17) is 0 Å². The molecule has 1 N–H and O–H groups in total. The molecule has 47 valence electrons. The van der Waals surface area contributed by atoms with E-state index in [9.17, 15) is 4.79 Å². The lowest BCUT2D eigenvalue weighted by atomic mass is 10.5. The third kappa shape index (κ3) is 2.58. The van der Waals surface area contributed by atoms with Crippen LogP contribution in [-0.4, -0.2) is 31.6 Å². The predicted octanol–water partition coefficient (Wildman–Crippen LogP) is -0.546. The summed E-state index contributed by atoms with van der Waals surface area (Å²) in [6.07, 6.45) is 0.519. The zero-order chi connectivity index (χ0) is 6.57. The average molecular weight is 115 g/mol. The smallest absolute Gasteiger partial charge is 0.208 e. The van der Waals surface area contributed by atoms with Crippen LogP contribution in [0.2, 0.25) is 0 Å². The van der Waals surface area contributed by atoms with Gasteiger partial charge >= 0.3 is 0 Å². The Bertz CT molecular complexity index is 72.8. The summed E-state index contributed by atoms with van der Waals surface area (Å²) in [6.45, 7) is 3.61. The Morgan fingerprint density at radius 2 is 2.25 bits per heavy atom. The summed E-state index contributed by atoms with van der Waals surface area (Å²) in [5, 5.41) is 2.48. The Hall–Kier alpha value is -0.570. The number of hydrogen-bond acceptors (Lipinski definition) is 2. The highest BCUT2D eigenvalue weighted by atomic mass is 16.1. The SMILES string of the molecule is [CH2]C(NC=O)N(C)C. The normalized spacial score (nSPS) is 13.5. The van der Waals surface area contributed by atoms with Crippen molar-refractivity contribution in [2.45, 2.75) is 6.17 Å². The summed E-state index contributed by atoms with van der Waals surface area (Å²) >= 11 is 0. The Balaban J connectivity index is 3.30. The summed E-state index contributed by atoms with van der Waals surface area (Å²) in [5.41, 5.74) is 0. The van der Waals surface area contributed by atoms with Crippen LogP contribution in [0.5, 0.6) is 0 Å². The molecule has 0 aromatic rings. The minimum atomic E-state index is -0.118. The lowest BCUT2D eigenvalue weighted by molar-refractivity contribution is -0.110. The molecular weight excluding hydrogens is 104 g/mol. The molecule has 1 unspecified atom stereocenters. The van der Waals surface area contributed by atoms with Crippen molar-refractivity contribution in [1.82, 2.24) is 10.2 Å². The molecule has 0 heterocycles. The number of rotatable bonds is 3. The maximum absolute atomic E-state index is 9.74. The molecule has 3 heteroatoms. The maximum atomic E-state index is 9.74. The zero-order valence-corrected chi connectivity index (χ0v) is 5.22. The monoisotopic (exact) mass is 115 g/mol. The molecule has 0 bridgehead atoms. The number of nitrogens with one attached hydrogen (secondary N) is 1. The molecule has 0 aliphatic rings. The molecule has 3 nitrogen and oxygen atoms in total. The van der Waals surface area contributed by atoms with Crippen LogP contribution in [0, 0.1) is 6.92 Å². The van der Waals surface area contributed by atoms with E-state index >= 15 is 0 Å². The Morgan fingerprint density at radius 3 is 2.38 bits per heavy atom. The van der Waals surface area contributed by atoms with Gasteiger partial charge in [0, 0.05) is 0 Å². The highest BCUT2D eigenvalue weighted by molar-refractivity contribution is 5.46. The Morgan fingerprint density at radius 1 is 1.75 bits per heavy atom. The Labute approximate surface area is 49.7 Å². The van der Waals surface area contributed by atoms with Crippen LogP contribution < -0.4 is 5.32 Å². The first-order valence-electron chi connectivity index (χ1n) is 2.37. The van der Waals surface area contributed by atoms with Crippen LogP contribution in [0.25, 0.3) is 0 Å². The lowest BCUT2D eigenvalue weighted by Crippen LogP contribution is -2.37. The van der Waals surface area contributed by atoms with Crippen molar-refractivity contribution >= 4 is 6.41 Å². The van der Waals surface area contributed by atoms with E-state index in [1.165, 1.54) is 0 Å². The van der Waals surface area contributed by atoms with Gasteiger partial charge in [0.1, 0.15) is 0 Å². The molecule has 0 fully saturated rings. The fourth-order valence-corrected chi connectivity index (χ4v) is 0.228. The first-order valence-corrected chi connectivity index (χ1v) is 2.37. The topological polar surface area (TPSA) is 32.3 Å². The van der Waals surface area contributed by atoms with Gasteiger partial charge in [-0.05, 0) is 21.0 Å². The molecule has 0 aliphatic heterocycles. The van der Waals surface area contributed by atoms with Gasteiger partial charge < -0.3 is 5.32 Å². The van der Waals surface area contributed by atoms with Crippen LogP contribution in [0.15, 0.2) is 0 Å². The molecule has 0 aliphatic carbocycles. The van der Waals surface area contributed by atoms with E-state index in [-0.39, 0.29) is 6.17 Å². The van der Waals surface area contributed by atoms with Gasteiger partial charge in [-0.2, -0.15) is 0 Å². The van der Waals surface area contributed by atoms with Crippen molar-refractivity contribution in [1.29, 1.82) is 0 Å². The number of nitrogens with zero attached hydrogens (tertiary/aromatic N) is 1. The first-order chi connectivity index (χ1) is 3.68. The van der Waals surface area contributed by atoms with Crippen molar-refractivity contribution in [3.63, 3.8) is 0 Å². The first kappa shape index (κ1) is 7.43. The van der Waals surface area contributed by atoms with E-state index in [0.29, 0.717) is 6.41 Å². The quantitative estimate of drug-likeness (QED) is 0.395. The molecular formula is C5H11N2O. The third-order valence-corrected chi connectivity index (χ3v) is 0.884. The summed E-state index contributed by atoms with van der Waals surface area (Å²) in [4.78, 5) is 11.5. The molecule has 0 spiro atoms. The second kappa shape index (κ2) is 3.43. The molecule has 0 saturated carbocycles. The summed E-state index contributed by atoms with van der Waals surface area (Å²) < 4.78 is 0. The van der Waals surface area contributed by atoms with Crippen LogP contribution in [0.3, 0.4) is 0 Å². The van der Waals surface area contributed by atoms with Gasteiger partial charge in [-0.3, -0.25) is 9.69 Å². The molecule has 0 rings (SSSR count). The fourth-order valence-electron chi connectivity index (χ4n) is 0.228. The largest absolute Gasteiger partial charge is 0.343 e. The van der Waals surface area contributed by atoms with Crippen LogP contribution in [-0.2, 0) is 4.79 Å². The minimum Gasteiger partial charge on any atom is -0.343 e. The lowest BCUT2D eigenvalue weighted by Gasteiger charge is -2.17. The van der Waals surface area contributed by atoms with Crippen LogP contribution in [0.1, 0.15) is 0 Å². The highest BCUT2D eigenvalue weighted by Crippen LogP contribution is 1.80. The number of amides is 1. The molecule has 0 aromatic carbocycles. The summed E-state index contributed by atoms with van der Waals surface area (Å²) in [6, 6.07) is 0. The predicted molar refractivity (Wildman–Crippen MR) is 32.0 cm³/mol. The van der Waals surface area contributed by atoms with E-state index in [0.717, 1.165) is 0 Å². The van der Waals surface area contributed by atoms with Crippen LogP contribution in [0.4, 0.5) is 0 Å². The van der Waals surface area contributed by atoms with Gasteiger partial charge in [0.15, 0.2) is 0 Å². The molecule has 1 radical (unpaired) electrons. The summed E-state index contributed by atoms with van der Waals surface area (Å²) in [7, 11) is 3.68. The van der Waals surface area contributed by atoms with Gasteiger partial charge in [0.25, 0.3) is 0 Å². The van der Waals surface area contributed by atoms with E-state index in [1.807, 2.05) is 14.1 Å². The van der Waals surface area contributed by atoms with Crippen molar-refractivity contribution in [2.24, 2.45) is 0 Å². The molecule has 8 heavy (non-hydrogen) atoms. The second-order valence-electron chi connectivity index (χ2n) is 1.76. The number of hydrogen-bond donors (Lipinski definition) is 1. The van der Waals surface area contributed by atoms with Gasteiger partial charge in [-0.15, -0.1) is 0 Å². The van der Waals surface area contributed by atoms with Gasteiger partial charge in [-0.25, -0.2) is 0 Å². The molecule has 0 aromatic heterocycles. The average Bonchev–Trinajstić information content (AvgIpc) is 1.67. The maximum Gasteiger partial charge on any atom is 0.208 e. The standard InChI is InChI=1S/C5H11N2O/c1-5(6-4-8)7(2)3/h4-5H,1H2,2-3H3,(H,6,8). The minimum absolute atomic E-state index is 0.118. The van der Waals surface area contributed by atoms with Crippen molar-refractivity contribution in [3.8, 4) is 0 Å². The Kier molecular flexibility index (Phi) is 3.19. The third-order valence-electron chi connectivity index (χ3n) is 0.884. The highest BCUT2D eigenvalue weighted by Gasteiger charge is 1.98. The molecule has 1 atom stereocenters. The van der Waals surface area contributed by atoms with Gasteiger partial charge in [-0.1, -0.05) is 0 Å². The number of carbonyl (C=O) groups is 1. The molecule has 1 amide bonds. The second-order valence-corrected chi connectivity index (χ2v) is 1.76. The van der Waals surface area contributed by atoms with Gasteiger partial charge in [0.2, 0.25) is 6.41 Å².